The SMILES string of the molecule is C=O.C=O.CN(C)C1CCN(c2ccc(CNC(=O)c3cccc4c3cnn4-c3ccc(F)cc3)cc2)CC1. The van der Waals surface area contributed by atoms with E-state index in [0.29, 0.717) is 18.2 Å². The number of rotatable bonds is 6. The number of halogens is 1. The minimum absolute atomic E-state index is 0.149. The molecular formula is C30H34FN5O3. The van der Waals surface area contributed by atoms with Gasteiger partial charge in [-0.25, -0.2) is 9.07 Å². The van der Waals surface area contributed by atoms with Gasteiger partial charge >= 0.3 is 0 Å². The highest BCUT2D eigenvalue weighted by molar-refractivity contribution is 6.06. The van der Waals surface area contributed by atoms with Crippen molar-refractivity contribution in [2.75, 3.05) is 32.1 Å². The fourth-order valence-corrected chi connectivity index (χ4v) is 4.78. The van der Waals surface area contributed by atoms with Gasteiger partial charge in [0.25, 0.3) is 5.91 Å². The van der Waals surface area contributed by atoms with Crippen molar-refractivity contribution >= 4 is 36.1 Å². The number of fused-ring (bicyclic) bond motifs is 1. The first-order valence-corrected chi connectivity index (χ1v) is 12.6. The topological polar surface area (TPSA) is 87.5 Å². The van der Waals surface area contributed by atoms with Crippen molar-refractivity contribution < 1.29 is 18.8 Å². The molecule has 1 amide bonds. The Morgan fingerprint density at radius 3 is 2.18 bits per heavy atom. The van der Waals surface area contributed by atoms with E-state index in [2.05, 4.69) is 58.6 Å². The number of nitrogens with zero attached hydrogens (tertiary/aromatic N) is 4. The van der Waals surface area contributed by atoms with Gasteiger partial charge in [-0.05, 0) is 81.0 Å². The molecule has 1 aromatic heterocycles. The predicted molar refractivity (Wildman–Crippen MR) is 152 cm³/mol. The average Bonchev–Trinajstić information content (AvgIpc) is 3.43. The molecule has 0 aliphatic carbocycles. The number of hydrogen-bond acceptors (Lipinski definition) is 6. The third kappa shape index (κ3) is 6.94. The summed E-state index contributed by atoms with van der Waals surface area (Å²) >= 11 is 0. The van der Waals surface area contributed by atoms with Crippen molar-refractivity contribution in [3.8, 4) is 5.69 Å². The van der Waals surface area contributed by atoms with Crippen LogP contribution in [-0.4, -0.2) is 67.4 Å². The van der Waals surface area contributed by atoms with Crippen LogP contribution in [0.25, 0.3) is 16.6 Å². The number of anilines is 1. The van der Waals surface area contributed by atoms with Crippen LogP contribution < -0.4 is 10.2 Å². The van der Waals surface area contributed by atoms with Gasteiger partial charge in [-0.1, -0.05) is 18.2 Å². The van der Waals surface area contributed by atoms with E-state index in [1.165, 1.54) is 30.7 Å². The minimum Gasteiger partial charge on any atom is -0.371 e. The maximum Gasteiger partial charge on any atom is 0.252 e. The number of carbonyl (C=O) groups is 3. The van der Waals surface area contributed by atoms with Crippen LogP contribution >= 0.6 is 0 Å². The Balaban J connectivity index is 0.00000100. The first-order chi connectivity index (χ1) is 19.0. The summed E-state index contributed by atoms with van der Waals surface area (Å²) in [5, 5.41) is 8.22. The summed E-state index contributed by atoms with van der Waals surface area (Å²) in [5.41, 5.74) is 4.39. The predicted octanol–water partition coefficient (Wildman–Crippen LogP) is 4.26. The van der Waals surface area contributed by atoms with Crippen LogP contribution in [0.4, 0.5) is 10.1 Å². The van der Waals surface area contributed by atoms with Crippen LogP contribution in [-0.2, 0) is 16.1 Å². The molecule has 1 fully saturated rings. The highest BCUT2D eigenvalue weighted by Crippen LogP contribution is 2.24. The van der Waals surface area contributed by atoms with Crippen LogP contribution in [0.3, 0.4) is 0 Å². The molecule has 8 nitrogen and oxygen atoms in total. The fraction of sp³-hybridized carbons (Fsp3) is 0.267. The highest BCUT2D eigenvalue weighted by atomic mass is 19.1. The van der Waals surface area contributed by atoms with Gasteiger partial charge in [0.1, 0.15) is 19.4 Å². The van der Waals surface area contributed by atoms with Crippen LogP contribution in [0.5, 0.6) is 0 Å². The molecule has 204 valence electrons. The summed E-state index contributed by atoms with van der Waals surface area (Å²) in [6.45, 7) is 6.58. The molecule has 0 radical (unpaired) electrons. The summed E-state index contributed by atoms with van der Waals surface area (Å²) in [6, 6.07) is 20.8. The summed E-state index contributed by atoms with van der Waals surface area (Å²) in [5.74, 6) is -0.448. The van der Waals surface area contributed by atoms with Crippen molar-refractivity contribution in [3.05, 3.63) is 89.9 Å². The van der Waals surface area contributed by atoms with E-state index < -0.39 is 0 Å². The first-order valence-electron chi connectivity index (χ1n) is 12.6. The van der Waals surface area contributed by atoms with Crippen LogP contribution in [0.15, 0.2) is 72.9 Å². The number of amides is 1. The Hall–Kier alpha value is -4.37. The van der Waals surface area contributed by atoms with Crippen LogP contribution in [0.1, 0.15) is 28.8 Å². The van der Waals surface area contributed by atoms with Gasteiger partial charge in [0.05, 0.1) is 23.0 Å². The van der Waals surface area contributed by atoms with Crippen molar-refractivity contribution in [1.29, 1.82) is 0 Å². The number of carbonyl (C=O) groups excluding carboxylic acids is 3. The largest absolute Gasteiger partial charge is 0.371 e. The second-order valence-electron chi connectivity index (χ2n) is 9.30. The Bertz CT molecular complexity index is 1350. The number of benzene rings is 3. The first kappa shape index (κ1) is 29.2. The third-order valence-electron chi connectivity index (χ3n) is 6.88. The zero-order valence-electron chi connectivity index (χ0n) is 22.3. The second kappa shape index (κ2) is 14.0. The van der Waals surface area contributed by atoms with E-state index in [4.69, 9.17) is 9.59 Å². The molecule has 1 aliphatic heterocycles. The lowest BCUT2D eigenvalue weighted by Gasteiger charge is -2.36. The molecule has 1 saturated heterocycles. The van der Waals surface area contributed by atoms with Gasteiger partial charge in [-0.3, -0.25) is 4.79 Å². The van der Waals surface area contributed by atoms with Gasteiger partial charge in [0.15, 0.2) is 0 Å². The maximum atomic E-state index is 13.3. The minimum atomic E-state index is -0.299. The monoisotopic (exact) mass is 531 g/mol. The number of nitrogens with one attached hydrogen (secondary N) is 1. The van der Waals surface area contributed by atoms with E-state index in [-0.39, 0.29) is 11.7 Å². The van der Waals surface area contributed by atoms with Gasteiger partial charge < -0.3 is 24.7 Å². The van der Waals surface area contributed by atoms with Gasteiger partial charge in [-0.2, -0.15) is 5.10 Å². The van der Waals surface area contributed by atoms with E-state index in [1.54, 1.807) is 29.1 Å². The summed E-state index contributed by atoms with van der Waals surface area (Å²) in [4.78, 5) is 33.8. The Kier molecular flexibility index (Phi) is 10.5. The molecule has 1 N–H and O–H groups in total. The zero-order chi connectivity index (χ0) is 28.4. The van der Waals surface area contributed by atoms with Crippen molar-refractivity contribution in [1.82, 2.24) is 20.0 Å². The summed E-state index contributed by atoms with van der Waals surface area (Å²) < 4.78 is 15.0. The Morgan fingerprint density at radius 1 is 0.949 bits per heavy atom. The van der Waals surface area contributed by atoms with Gasteiger partial charge in [0.2, 0.25) is 0 Å². The van der Waals surface area contributed by atoms with E-state index in [1.807, 2.05) is 25.7 Å². The Labute approximate surface area is 228 Å². The molecular weight excluding hydrogens is 497 g/mol. The molecule has 0 bridgehead atoms. The quantitative estimate of drug-likeness (QED) is 0.400. The molecule has 0 unspecified atom stereocenters. The normalized spacial score (nSPS) is 13.3. The molecule has 3 aromatic carbocycles. The lowest BCUT2D eigenvalue weighted by molar-refractivity contribution is -0.0987. The summed E-state index contributed by atoms with van der Waals surface area (Å²) in [6.07, 6.45) is 4.03. The lowest BCUT2D eigenvalue weighted by atomic mass is 10.0. The van der Waals surface area contributed by atoms with E-state index >= 15 is 0 Å². The molecule has 0 saturated carbocycles. The van der Waals surface area contributed by atoms with E-state index in [9.17, 15) is 9.18 Å². The fourth-order valence-electron chi connectivity index (χ4n) is 4.78. The number of piperidine rings is 1. The van der Waals surface area contributed by atoms with Crippen molar-refractivity contribution in [2.45, 2.75) is 25.4 Å². The third-order valence-corrected chi connectivity index (χ3v) is 6.88. The van der Waals surface area contributed by atoms with Crippen molar-refractivity contribution in [3.63, 3.8) is 0 Å². The Morgan fingerprint density at radius 2 is 1.56 bits per heavy atom. The second-order valence-corrected chi connectivity index (χ2v) is 9.30. The van der Waals surface area contributed by atoms with Crippen LogP contribution in [0, 0.1) is 5.82 Å². The molecule has 5 rings (SSSR count). The number of aromatic nitrogens is 2. The molecule has 39 heavy (non-hydrogen) atoms. The molecule has 9 heteroatoms. The van der Waals surface area contributed by atoms with E-state index in [0.717, 1.165) is 35.2 Å². The molecule has 0 spiro atoms. The summed E-state index contributed by atoms with van der Waals surface area (Å²) in [7, 11) is 4.31. The molecule has 2 heterocycles. The van der Waals surface area contributed by atoms with Gasteiger partial charge in [-0.15, -0.1) is 0 Å². The standard InChI is InChI=1S/C28H30FN5O.2CH2O/c1-32(2)22-14-16-33(17-15-22)23-10-6-20(7-11-23)18-30-28(35)25-4-3-5-27-26(25)19-31-34(27)24-12-8-21(29)9-13-24;2*1-2/h3-13,19,22H,14-18H2,1-2H3,(H,30,35);2*1H2. The highest BCUT2D eigenvalue weighted by Gasteiger charge is 2.20. The average molecular weight is 532 g/mol. The zero-order valence-corrected chi connectivity index (χ0v) is 22.3. The molecule has 0 atom stereocenters. The van der Waals surface area contributed by atoms with Crippen LogP contribution in [0.2, 0.25) is 0 Å². The smallest absolute Gasteiger partial charge is 0.252 e. The molecule has 4 aromatic rings. The number of hydrogen-bond donors (Lipinski definition) is 1. The lowest BCUT2D eigenvalue weighted by Crippen LogP contribution is -2.41. The van der Waals surface area contributed by atoms with Crippen molar-refractivity contribution in [2.24, 2.45) is 0 Å². The maximum absolute atomic E-state index is 13.3. The molecule has 1 aliphatic rings. The van der Waals surface area contributed by atoms with Gasteiger partial charge in [0, 0.05) is 36.7 Å².